The smallest absolute Gasteiger partial charge is 0.303 e. The molecule has 0 aliphatic heterocycles. The van der Waals surface area contributed by atoms with Gasteiger partial charge >= 0.3 is 5.97 Å². The van der Waals surface area contributed by atoms with Gasteiger partial charge in [0.1, 0.15) is 11.4 Å². The molecular formula is C24H29N3O5. The predicted molar refractivity (Wildman–Crippen MR) is 119 cm³/mol. The quantitative estimate of drug-likeness (QED) is 0.394. The van der Waals surface area contributed by atoms with Gasteiger partial charge in [0.05, 0.1) is 14.2 Å². The van der Waals surface area contributed by atoms with Gasteiger partial charge < -0.3 is 19.2 Å². The Morgan fingerprint density at radius 2 is 2.03 bits per heavy atom. The lowest BCUT2D eigenvalue weighted by Crippen LogP contribution is -2.36. The van der Waals surface area contributed by atoms with Gasteiger partial charge in [-0.05, 0) is 51.3 Å². The minimum absolute atomic E-state index is 0.154. The summed E-state index contributed by atoms with van der Waals surface area (Å²) in [6.45, 7) is 3.92. The van der Waals surface area contributed by atoms with E-state index in [1.807, 2.05) is 24.3 Å². The number of nitrogens with zero attached hydrogens (tertiary/aromatic N) is 2. The highest BCUT2D eigenvalue weighted by atomic mass is 16.5. The summed E-state index contributed by atoms with van der Waals surface area (Å²) < 4.78 is 19.8. The lowest BCUT2D eigenvalue weighted by molar-refractivity contribution is -0.137. The van der Waals surface area contributed by atoms with E-state index in [1.54, 1.807) is 38.3 Å². The molecule has 2 heterocycles. The van der Waals surface area contributed by atoms with Crippen molar-refractivity contribution in [3.63, 3.8) is 0 Å². The molecule has 170 valence electrons. The predicted octanol–water partition coefficient (Wildman–Crippen LogP) is 4.74. The minimum atomic E-state index is -1.20. The maximum atomic E-state index is 13.3. The molecule has 0 radical (unpaired) electrons. The minimum Gasteiger partial charge on any atom is -0.493 e. The number of H-pyrrole nitrogens is 1. The average molecular weight is 441 g/mol. The summed E-state index contributed by atoms with van der Waals surface area (Å²) in [6.07, 6.45) is 3.80. The summed E-state index contributed by atoms with van der Waals surface area (Å²) in [4.78, 5) is 25.3. The fraction of sp³-hybridized carbons (Fsp3) is 0.375. The van der Waals surface area contributed by atoms with Gasteiger partial charge in [0.2, 0.25) is 0 Å². The third-order valence-electron chi connectivity index (χ3n) is 4.96. The zero-order chi connectivity index (χ0) is 23.8. The van der Waals surface area contributed by atoms with E-state index in [4.69, 9.17) is 15.6 Å². The largest absolute Gasteiger partial charge is 0.493 e. The third kappa shape index (κ3) is 6.23. The molecule has 8 heteroatoms. The number of benzene rings is 1. The number of hydrogen-bond acceptors (Lipinski definition) is 5. The molecule has 8 nitrogen and oxygen atoms in total. The number of carbonyl (C=O) groups excluding carboxylic acids is 1. The van der Waals surface area contributed by atoms with E-state index in [2.05, 4.69) is 10.2 Å². The van der Waals surface area contributed by atoms with Crippen LogP contribution in [0.4, 0.5) is 0 Å². The van der Waals surface area contributed by atoms with Crippen molar-refractivity contribution in [3.8, 4) is 17.2 Å². The summed E-state index contributed by atoms with van der Waals surface area (Å²) >= 11 is 0. The van der Waals surface area contributed by atoms with Gasteiger partial charge in [-0.25, -0.2) is 0 Å². The Balaban J connectivity index is 1.70. The Morgan fingerprint density at radius 1 is 1.22 bits per heavy atom. The van der Waals surface area contributed by atoms with Crippen LogP contribution in [0, 0.1) is 0 Å². The van der Waals surface area contributed by atoms with Gasteiger partial charge in [-0.3, -0.25) is 14.7 Å². The van der Waals surface area contributed by atoms with E-state index in [-0.39, 0.29) is 24.6 Å². The van der Waals surface area contributed by atoms with Crippen LogP contribution in [-0.4, -0.2) is 44.7 Å². The number of ether oxygens (including phenoxy) is 1. The van der Waals surface area contributed by atoms with Crippen molar-refractivity contribution < 1.29 is 25.2 Å². The van der Waals surface area contributed by atoms with E-state index in [9.17, 15) is 9.59 Å². The lowest BCUT2D eigenvalue weighted by Gasteiger charge is -2.27. The second-order valence-corrected chi connectivity index (χ2v) is 7.64. The number of hydrogen-bond donors (Lipinski definition) is 2. The number of nitrogens with one attached hydrogen (secondary N) is 1. The normalized spacial score (nSPS) is 11.8. The van der Waals surface area contributed by atoms with Gasteiger partial charge in [-0.15, -0.1) is 0 Å². The van der Waals surface area contributed by atoms with Crippen LogP contribution in [0.5, 0.6) is 5.75 Å². The average Bonchev–Trinajstić information content (AvgIpc) is 3.45. The zero-order valence-electron chi connectivity index (χ0n) is 19.3. The van der Waals surface area contributed by atoms with Crippen LogP contribution in [0.15, 0.2) is 53.1 Å². The number of rotatable bonds is 12. The summed E-state index contributed by atoms with van der Waals surface area (Å²) in [5.41, 5.74) is 1.55. The summed E-state index contributed by atoms with van der Waals surface area (Å²) in [5.74, 6) is 0.0289. The van der Waals surface area contributed by atoms with E-state index in [0.717, 1.165) is 18.4 Å². The molecular weight excluding hydrogens is 410 g/mol. The first-order valence-electron chi connectivity index (χ1n) is 11.1. The zero-order valence-corrected chi connectivity index (χ0v) is 18.3. The molecule has 0 fully saturated rings. The Labute approximate surface area is 188 Å². The molecule has 2 aromatic heterocycles. The number of aromatic nitrogens is 2. The molecule has 1 amide bonds. The van der Waals surface area contributed by atoms with Crippen molar-refractivity contribution in [1.29, 1.82) is 0 Å². The number of aromatic amines is 1. The molecule has 0 atom stereocenters. The van der Waals surface area contributed by atoms with E-state index >= 15 is 0 Å². The third-order valence-corrected chi connectivity index (χ3v) is 4.96. The van der Waals surface area contributed by atoms with Crippen molar-refractivity contribution in [2.75, 3.05) is 6.61 Å². The molecule has 0 unspecified atom stereocenters. The van der Waals surface area contributed by atoms with E-state index < -0.39 is 12.0 Å². The summed E-state index contributed by atoms with van der Waals surface area (Å²) in [7, 11) is 0. The molecule has 0 spiro atoms. The first kappa shape index (κ1) is 21.7. The standard InChI is InChI=1S/C24H29N3O5/c1-17(2)27(24(30)20-15-19(25-26-20)22-11-8-14-32-22)16-18-9-5-6-10-21(18)31-13-7-3-4-12-23(28)29/h5-6,8-11,14-15,17H,3-4,7,12-13,16H2,1-2H3,(H,25,26)(H,28,29)/i17D. The van der Waals surface area contributed by atoms with Crippen LogP contribution >= 0.6 is 0 Å². The number of carbonyl (C=O) groups is 2. The Bertz CT molecular complexity index is 1060. The Morgan fingerprint density at radius 3 is 2.75 bits per heavy atom. The summed E-state index contributed by atoms with van der Waals surface area (Å²) in [6, 6.07) is 11.3. The molecule has 0 saturated heterocycles. The first-order valence-corrected chi connectivity index (χ1v) is 10.6. The number of furan rings is 1. The van der Waals surface area contributed by atoms with Crippen molar-refractivity contribution in [2.45, 2.75) is 52.1 Å². The monoisotopic (exact) mass is 440 g/mol. The van der Waals surface area contributed by atoms with Crippen molar-refractivity contribution in [1.82, 2.24) is 15.1 Å². The van der Waals surface area contributed by atoms with E-state index in [0.29, 0.717) is 30.2 Å². The molecule has 0 saturated carbocycles. The van der Waals surface area contributed by atoms with Crippen LogP contribution in [0.1, 0.15) is 57.0 Å². The van der Waals surface area contributed by atoms with Crippen molar-refractivity contribution >= 4 is 11.9 Å². The van der Waals surface area contributed by atoms with Crippen LogP contribution in [-0.2, 0) is 11.3 Å². The highest BCUT2D eigenvalue weighted by Gasteiger charge is 2.23. The van der Waals surface area contributed by atoms with Crippen LogP contribution in [0.2, 0.25) is 0 Å². The number of carboxylic acid groups (broad SMARTS) is 1. The number of aliphatic carboxylic acids is 1. The van der Waals surface area contributed by atoms with Crippen LogP contribution < -0.4 is 4.74 Å². The number of para-hydroxylation sites is 1. The fourth-order valence-corrected chi connectivity index (χ4v) is 3.24. The lowest BCUT2D eigenvalue weighted by atomic mass is 10.1. The molecule has 1 aromatic carbocycles. The fourth-order valence-electron chi connectivity index (χ4n) is 3.24. The van der Waals surface area contributed by atoms with Crippen LogP contribution in [0.25, 0.3) is 11.5 Å². The molecule has 0 aliphatic rings. The Hall–Kier alpha value is -3.55. The molecule has 3 rings (SSSR count). The summed E-state index contributed by atoms with van der Waals surface area (Å²) in [5, 5.41) is 15.7. The second-order valence-electron chi connectivity index (χ2n) is 7.64. The highest BCUT2D eigenvalue weighted by molar-refractivity contribution is 5.93. The molecule has 3 aromatic rings. The number of unbranched alkanes of at least 4 members (excludes halogenated alkanes) is 2. The SMILES string of the molecule is [2H]C(C)(C)N(Cc1ccccc1OCCCCCC(=O)O)C(=O)c1cc(-c2ccco2)[nH]n1. The van der Waals surface area contributed by atoms with Gasteiger partial charge in [-0.2, -0.15) is 5.10 Å². The van der Waals surface area contributed by atoms with Crippen molar-refractivity contribution in [3.05, 3.63) is 60.0 Å². The van der Waals surface area contributed by atoms with Gasteiger partial charge in [0.25, 0.3) is 5.91 Å². The van der Waals surface area contributed by atoms with Gasteiger partial charge in [0.15, 0.2) is 11.5 Å². The maximum absolute atomic E-state index is 13.3. The molecule has 2 N–H and O–H groups in total. The maximum Gasteiger partial charge on any atom is 0.303 e. The van der Waals surface area contributed by atoms with Gasteiger partial charge in [-0.1, -0.05) is 18.2 Å². The first-order chi connectivity index (χ1) is 15.8. The van der Waals surface area contributed by atoms with Crippen molar-refractivity contribution in [2.24, 2.45) is 0 Å². The molecule has 32 heavy (non-hydrogen) atoms. The second kappa shape index (κ2) is 11.2. The van der Waals surface area contributed by atoms with Gasteiger partial charge in [0, 0.05) is 30.6 Å². The van der Waals surface area contributed by atoms with Crippen LogP contribution in [0.3, 0.4) is 0 Å². The number of carboxylic acids is 1. The topological polar surface area (TPSA) is 109 Å². The molecule has 0 aliphatic carbocycles. The van der Waals surface area contributed by atoms with E-state index in [1.165, 1.54) is 4.90 Å². The Kier molecular flexibility index (Phi) is 7.57. The number of amides is 1. The highest BCUT2D eigenvalue weighted by Crippen LogP contribution is 2.24. The molecule has 0 bridgehead atoms.